The van der Waals surface area contributed by atoms with Gasteiger partial charge in [0.25, 0.3) is 0 Å². The third-order valence-electron chi connectivity index (χ3n) is 25.1. The molecule has 598 valence electrons. The summed E-state index contributed by atoms with van der Waals surface area (Å²) in [6, 6.07) is 110. The van der Waals surface area contributed by atoms with Crippen LogP contribution >= 0.6 is 0 Å². The van der Waals surface area contributed by atoms with Gasteiger partial charge in [-0.2, -0.15) is 0 Å². The Hall–Kier alpha value is -16.3. The summed E-state index contributed by atoms with van der Waals surface area (Å²) in [5.74, 6) is 5.00. The molecule has 0 saturated heterocycles. The predicted octanol–water partition coefficient (Wildman–Crippen LogP) is 26.5. The molecule has 16 heteroatoms. The summed E-state index contributed by atoms with van der Waals surface area (Å²) in [5, 5.41) is 6.67. The fraction of sp³-hybridized carbons (Fsp3) is 0.0818. The van der Waals surface area contributed by atoms with Crippen LogP contribution in [-0.2, 0) is 16.2 Å². The highest BCUT2D eigenvalue weighted by Crippen LogP contribution is 2.55. The number of rotatable bonds is 10. The minimum atomic E-state index is -0.0712. The molecule has 12 aromatic carbocycles. The highest BCUT2D eigenvalue weighted by molar-refractivity contribution is 6.11. The van der Waals surface area contributed by atoms with E-state index in [9.17, 15) is 0 Å². The zero-order chi connectivity index (χ0) is 84.5. The molecule has 3 aliphatic rings. The summed E-state index contributed by atoms with van der Waals surface area (Å²) in [6.07, 6.45) is 6.97. The maximum Gasteiger partial charge on any atom is 0.182 e. The summed E-state index contributed by atoms with van der Waals surface area (Å²) >= 11 is 0. The van der Waals surface area contributed by atoms with Crippen molar-refractivity contribution in [3.8, 4) is 148 Å². The Kier molecular flexibility index (Phi) is 17.5. The number of hydrogen-bond donors (Lipinski definition) is 0. The van der Waals surface area contributed by atoms with Gasteiger partial charge in [-0.05, 0) is 199 Å². The van der Waals surface area contributed by atoms with Crippen LogP contribution in [0.2, 0.25) is 0 Å². The molecule has 0 unspecified atom stereocenters. The predicted molar refractivity (Wildman–Crippen MR) is 500 cm³/mol. The maximum atomic E-state index is 6.49. The molecule has 22 aromatic rings. The van der Waals surface area contributed by atoms with Gasteiger partial charge in [0.1, 0.15) is 56.3 Å². The van der Waals surface area contributed by atoms with Crippen molar-refractivity contribution in [2.24, 2.45) is 0 Å². The number of benzene rings is 12. The fourth-order valence-electron chi connectivity index (χ4n) is 18.6. The van der Waals surface area contributed by atoms with E-state index >= 15 is 0 Å². The van der Waals surface area contributed by atoms with Gasteiger partial charge in [0, 0.05) is 101 Å². The van der Waals surface area contributed by atoms with Gasteiger partial charge in [-0.3, -0.25) is 19.9 Å². The van der Waals surface area contributed by atoms with Gasteiger partial charge in [0.05, 0.1) is 0 Å². The molecule has 0 N–H and O–H groups in total. The SMILES string of the molecule is CC1(C)c2ccccc2-c2cc3oc4cc(-c5ccc(-c6nc(-c7ccccc7)nc(-c7ccccn7)n6)cc5)ccc4c3cc21.CC1(C)c2ccccc2-c2cc3oc4cc(-c5nc(-c6ccccc6)nc(-c6ccccn6)n5)ccc4c3cc21.CC1(C)c2ccccc2-c2cc3oc4cc(-c5nc(-c6ccccn6)nc(-c6ccccn6)n5)ccc4c3cc21. The zero-order valence-electron chi connectivity index (χ0n) is 69.4. The van der Waals surface area contributed by atoms with Crippen molar-refractivity contribution in [1.29, 1.82) is 0 Å². The smallest absolute Gasteiger partial charge is 0.182 e. The van der Waals surface area contributed by atoms with Gasteiger partial charge in [-0.25, -0.2) is 44.9 Å². The number of fused-ring (bicyclic) bond motifs is 18. The van der Waals surface area contributed by atoms with E-state index in [-0.39, 0.29) is 16.2 Å². The van der Waals surface area contributed by atoms with Crippen LogP contribution in [0, 0.1) is 0 Å². The maximum absolute atomic E-state index is 6.49. The highest BCUT2D eigenvalue weighted by Gasteiger charge is 2.39. The van der Waals surface area contributed by atoms with Crippen molar-refractivity contribution in [3.05, 3.63) is 380 Å². The number of hydrogen-bond acceptors (Lipinski definition) is 16. The van der Waals surface area contributed by atoms with Gasteiger partial charge in [0.15, 0.2) is 52.4 Å². The van der Waals surface area contributed by atoms with Gasteiger partial charge < -0.3 is 13.3 Å². The van der Waals surface area contributed by atoms with E-state index in [0.717, 1.165) is 105 Å². The van der Waals surface area contributed by atoms with Crippen LogP contribution < -0.4 is 0 Å². The number of furan rings is 3. The van der Waals surface area contributed by atoms with Crippen molar-refractivity contribution in [3.63, 3.8) is 0 Å². The summed E-state index contributed by atoms with van der Waals surface area (Å²) in [6.45, 7) is 13.8. The van der Waals surface area contributed by atoms with Crippen LogP contribution in [0.25, 0.3) is 213 Å². The van der Waals surface area contributed by atoms with E-state index in [1.807, 2.05) is 152 Å². The van der Waals surface area contributed by atoms with Crippen LogP contribution in [0.5, 0.6) is 0 Å². The third kappa shape index (κ3) is 12.8. The standard InChI is InChI=1S/C41H28N4O.C35H24N4O.C34H23N5O/c1-41(2)33-13-7-6-12-29(33)31-24-37-32(23-34(31)41)30-20-19-28(22-36(30)46-37)25-15-17-27(18-16-25)39-43-38(26-10-4-3-5-11-26)44-40(45-39)35-14-8-9-21-42-35;1-35(2)27-13-7-6-12-23(27)25-20-31-26(19-28(25)35)24-16-15-22(18-30(24)40-31)33-37-32(21-10-4-3-5-11-21)38-34(39-33)29-14-8-9-17-36-29;1-34(2)25-10-4-3-9-21(25)23-19-30-24(18-26(23)34)22-14-13-20(17-29(22)40-30)31-37-32(27-11-5-7-15-35-27)39-33(38-31)28-12-6-8-16-36-28/h3-24H,1-2H3;3-20H,1-2H3;3-19H,1-2H3. The molecule has 25 rings (SSSR count). The Balaban J connectivity index is 0.000000109. The molecule has 0 fully saturated rings. The average molecular weight is 1630 g/mol. The molecule has 126 heavy (non-hydrogen) atoms. The van der Waals surface area contributed by atoms with Gasteiger partial charge in [-0.1, -0.05) is 242 Å². The largest absolute Gasteiger partial charge is 0.456 e. The Morgan fingerprint density at radius 1 is 0.175 bits per heavy atom. The molecule has 0 aliphatic heterocycles. The lowest BCUT2D eigenvalue weighted by Crippen LogP contribution is -2.14. The van der Waals surface area contributed by atoms with Crippen molar-refractivity contribution in [2.75, 3.05) is 0 Å². The first-order valence-corrected chi connectivity index (χ1v) is 42.1. The summed E-state index contributed by atoms with van der Waals surface area (Å²) in [5.41, 5.74) is 30.1. The van der Waals surface area contributed by atoms with E-state index in [1.54, 1.807) is 24.8 Å². The van der Waals surface area contributed by atoms with Crippen LogP contribution in [0.15, 0.2) is 360 Å². The quantitative estimate of drug-likeness (QED) is 0.125. The summed E-state index contributed by atoms with van der Waals surface area (Å²) < 4.78 is 19.4. The van der Waals surface area contributed by atoms with Crippen LogP contribution in [0.1, 0.15) is 74.9 Å². The Morgan fingerprint density at radius 3 is 0.746 bits per heavy atom. The van der Waals surface area contributed by atoms with E-state index in [1.165, 1.54) is 66.8 Å². The second kappa shape index (κ2) is 29.5. The molecule has 0 bridgehead atoms. The Labute approximate surface area is 724 Å². The van der Waals surface area contributed by atoms with Gasteiger partial charge in [-0.15, -0.1) is 0 Å². The lowest BCUT2D eigenvalue weighted by Gasteiger charge is -2.21. The normalized spacial score (nSPS) is 13.3. The lowest BCUT2D eigenvalue weighted by molar-refractivity contribution is 0.657. The molecule has 0 radical (unpaired) electrons. The second-order valence-electron chi connectivity index (χ2n) is 33.7. The van der Waals surface area contributed by atoms with Gasteiger partial charge in [0.2, 0.25) is 0 Å². The van der Waals surface area contributed by atoms with Crippen LogP contribution in [-0.4, -0.2) is 64.8 Å². The summed E-state index contributed by atoms with van der Waals surface area (Å²) in [4.78, 5) is 61.1. The Bertz CT molecular complexity index is 7620. The number of nitrogens with zero attached hydrogens (tertiary/aromatic N) is 13. The third-order valence-corrected chi connectivity index (χ3v) is 25.1. The Morgan fingerprint density at radius 2 is 0.421 bits per heavy atom. The first kappa shape index (κ1) is 74.7. The molecule has 3 aliphatic carbocycles. The van der Waals surface area contributed by atoms with E-state index in [4.69, 9.17) is 58.1 Å². The molecule has 0 atom stereocenters. The fourth-order valence-corrected chi connectivity index (χ4v) is 18.6. The molecule has 0 amide bonds. The lowest BCUT2D eigenvalue weighted by atomic mass is 9.82. The topological polar surface area (TPSA) is 207 Å². The van der Waals surface area contributed by atoms with E-state index in [0.29, 0.717) is 75.2 Å². The molecular formula is C110H75N13O3. The van der Waals surface area contributed by atoms with Crippen molar-refractivity contribution in [2.45, 2.75) is 57.8 Å². The minimum absolute atomic E-state index is 0.0514. The number of aromatic nitrogens is 13. The molecule has 10 aromatic heterocycles. The second-order valence-corrected chi connectivity index (χ2v) is 33.7. The van der Waals surface area contributed by atoms with Crippen LogP contribution in [0.3, 0.4) is 0 Å². The van der Waals surface area contributed by atoms with Crippen molar-refractivity contribution in [1.82, 2.24) is 64.8 Å². The molecule has 0 saturated carbocycles. The van der Waals surface area contributed by atoms with E-state index in [2.05, 4.69) is 231 Å². The average Bonchev–Trinajstić information content (AvgIpc) is 1.57. The monoisotopic (exact) mass is 1630 g/mol. The van der Waals surface area contributed by atoms with Crippen LogP contribution in [0.4, 0.5) is 0 Å². The van der Waals surface area contributed by atoms with Gasteiger partial charge >= 0.3 is 0 Å². The summed E-state index contributed by atoms with van der Waals surface area (Å²) in [7, 11) is 0. The molecule has 0 spiro atoms. The molecule has 10 heterocycles. The zero-order valence-corrected chi connectivity index (χ0v) is 69.4. The first-order chi connectivity index (χ1) is 61.6. The number of pyridine rings is 4. The minimum Gasteiger partial charge on any atom is -0.456 e. The van der Waals surface area contributed by atoms with Crippen molar-refractivity contribution < 1.29 is 13.3 Å². The highest BCUT2D eigenvalue weighted by atomic mass is 16.3. The molecular weight excluding hydrogens is 1550 g/mol. The first-order valence-electron chi connectivity index (χ1n) is 42.1. The van der Waals surface area contributed by atoms with E-state index < -0.39 is 0 Å². The van der Waals surface area contributed by atoms with Crippen molar-refractivity contribution >= 4 is 65.8 Å². The molecule has 16 nitrogen and oxygen atoms in total.